The zero-order valence-electron chi connectivity index (χ0n) is 9.44. The van der Waals surface area contributed by atoms with Crippen LogP contribution in [0.2, 0.25) is 10.0 Å². The van der Waals surface area contributed by atoms with Crippen LogP contribution in [0.1, 0.15) is 10.4 Å². The van der Waals surface area contributed by atoms with Crippen molar-refractivity contribution in [2.75, 3.05) is 13.7 Å². The Hall–Kier alpha value is -1.30. The van der Waals surface area contributed by atoms with Crippen molar-refractivity contribution < 1.29 is 19.4 Å². The number of carbonyl (C=O) groups excluding carboxylic acids is 1. The predicted molar refractivity (Wildman–Crippen MR) is 67.2 cm³/mol. The van der Waals surface area contributed by atoms with Crippen LogP contribution in [0.15, 0.2) is 18.2 Å². The van der Waals surface area contributed by atoms with E-state index < -0.39 is 18.0 Å². The molecule has 0 fully saturated rings. The molecule has 0 aliphatic carbocycles. The summed E-state index contributed by atoms with van der Waals surface area (Å²) >= 11 is 11.6. The molecule has 0 aliphatic rings. The van der Waals surface area contributed by atoms with Gasteiger partial charge in [0.2, 0.25) is 0 Å². The van der Waals surface area contributed by atoms with Gasteiger partial charge in [0, 0.05) is 7.11 Å². The van der Waals surface area contributed by atoms with Crippen molar-refractivity contribution in [1.29, 1.82) is 0 Å². The summed E-state index contributed by atoms with van der Waals surface area (Å²) in [5.41, 5.74) is 0.185. The Morgan fingerprint density at radius 2 is 2.11 bits per heavy atom. The summed E-state index contributed by atoms with van der Waals surface area (Å²) in [7, 11) is 1.25. The molecule has 1 rings (SSSR count). The molecule has 0 bridgehead atoms. The van der Waals surface area contributed by atoms with Crippen LogP contribution in [-0.4, -0.2) is 36.7 Å². The number of hydrogen-bond acceptors (Lipinski definition) is 3. The van der Waals surface area contributed by atoms with Crippen LogP contribution in [0.4, 0.5) is 0 Å². The highest BCUT2D eigenvalue weighted by Gasteiger charge is 2.19. The molecule has 1 amide bonds. The highest BCUT2D eigenvalue weighted by Crippen LogP contribution is 2.25. The summed E-state index contributed by atoms with van der Waals surface area (Å²) in [5.74, 6) is -1.67. The highest BCUT2D eigenvalue weighted by molar-refractivity contribution is 6.43. The Morgan fingerprint density at radius 3 is 2.67 bits per heavy atom. The molecule has 0 saturated heterocycles. The second kappa shape index (κ2) is 6.58. The van der Waals surface area contributed by atoms with E-state index in [1.807, 2.05) is 0 Å². The molecular formula is C11H11Cl2NO4. The molecule has 1 atom stereocenters. The first kappa shape index (κ1) is 14.8. The van der Waals surface area contributed by atoms with Crippen molar-refractivity contribution in [2.45, 2.75) is 6.10 Å². The van der Waals surface area contributed by atoms with E-state index in [9.17, 15) is 9.59 Å². The first-order valence-corrected chi connectivity index (χ1v) is 5.70. The molecule has 1 aromatic rings. The number of benzene rings is 1. The van der Waals surface area contributed by atoms with E-state index in [2.05, 4.69) is 10.1 Å². The second-order valence-electron chi connectivity index (χ2n) is 3.37. The van der Waals surface area contributed by atoms with Crippen molar-refractivity contribution in [2.24, 2.45) is 0 Å². The number of aliphatic carboxylic acids is 1. The normalized spacial score (nSPS) is 11.9. The first-order chi connectivity index (χ1) is 8.47. The summed E-state index contributed by atoms with van der Waals surface area (Å²) < 4.78 is 4.68. The van der Waals surface area contributed by atoms with Gasteiger partial charge in [-0.05, 0) is 12.1 Å². The van der Waals surface area contributed by atoms with Gasteiger partial charge in [0.25, 0.3) is 5.91 Å². The smallest absolute Gasteiger partial charge is 0.334 e. The summed E-state index contributed by atoms with van der Waals surface area (Å²) in [6.45, 7) is -0.159. The number of nitrogens with one attached hydrogen (secondary N) is 1. The maximum Gasteiger partial charge on any atom is 0.334 e. The quantitative estimate of drug-likeness (QED) is 0.868. The van der Waals surface area contributed by atoms with Crippen LogP contribution in [-0.2, 0) is 9.53 Å². The Bertz CT molecular complexity index is 464. The molecule has 0 saturated carbocycles. The first-order valence-electron chi connectivity index (χ1n) is 4.95. The van der Waals surface area contributed by atoms with Gasteiger partial charge >= 0.3 is 5.97 Å². The summed E-state index contributed by atoms with van der Waals surface area (Å²) in [4.78, 5) is 22.4. The molecular weight excluding hydrogens is 281 g/mol. The topological polar surface area (TPSA) is 75.6 Å². The van der Waals surface area contributed by atoms with Crippen molar-refractivity contribution in [3.05, 3.63) is 33.8 Å². The number of halogens is 2. The molecule has 5 nitrogen and oxygen atoms in total. The standard InChI is InChI=1S/C11H11Cl2NO4/c1-18-8(11(16)17)5-14-10(15)6-3-2-4-7(12)9(6)13/h2-4,8H,5H2,1H3,(H,14,15)(H,16,17). The largest absolute Gasteiger partial charge is 0.479 e. The molecule has 98 valence electrons. The van der Waals surface area contributed by atoms with E-state index in [0.717, 1.165) is 0 Å². The Labute approximate surface area is 114 Å². The maximum absolute atomic E-state index is 11.8. The predicted octanol–water partition coefficient (Wildman–Crippen LogP) is 1.82. The summed E-state index contributed by atoms with van der Waals surface area (Å²) in [6, 6.07) is 4.62. The third kappa shape index (κ3) is 3.60. The van der Waals surface area contributed by atoms with Gasteiger partial charge in [-0.2, -0.15) is 0 Å². The van der Waals surface area contributed by atoms with Crippen LogP contribution >= 0.6 is 23.2 Å². The van der Waals surface area contributed by atoms with E-state index in [0.29, 0.717) is 0 Å². The Morgan fingerprint density at radius 1 is 1.44 bits per heavy atom. The van der Waals surface area contributed by atoms with Gasteiger partial charge < -0.3 is 15.2 Å². The van der Waals surface area contributed by atoms with E-state index in [-0.39, 0.29) is 22.2 Å². The van der Waals surface area contributed by atoms with Gasteiger partial charge in [-0.3, -0.25) is 4.79 Å². The highest BCUT2D eigenvalue weighted by atomic mass is 35.5. The van der Waals surface area contributed by atoms with Gasteiger partial charge in [-0.1, -0.05) is 29.3 Å². The third-order valence-corrected chi connectivity index (χ3v) is 3.02. The van der Waals surface area contributed by atoms with Gasteiger partial charge in [-0.15, -0.1) is 0 Å². The van der Waals surface area contributed by atoms with Crippen molar-refractivity contribution in [3.63, 3.8) is 0 Å². The van der Waals surface area contributed by atoms with Crippen LogP contribution < -0.4 is 5.32 Å². The molecule has 0 spiro atoms. The van der Waals surface area contributed by atoms with E-state index in [4.69, 9.17) is 28.3 Å². The lowest BCUT2D eigenvalue weighted by molar-refractivity contribution is -0.148. The van der Waals surface area contributed by atoms with Crippen molar-refractivity contribution in [1.82, 2.24) is 5.32 Å². The van der Waals surface area contributed by atoms with Crippen molar-refractivity contribution >= 4 is 35.1 Å². The average Bonchev–Trinajstić information content (AvgIpc) is 2.32. The number of methoxy groups -OCH3 is 1. The fraction of sp³-hybridized carbons (Fsp3) is 0.273. The zero-order chi connectivity index (χ0) is 13.7. The lowest BCUT2D eigenvalue weighted by Crippen LogP contribution is -2.37. The Balaban J connectivity index is 2.71. The number of carboxylic acids is 1. The maximum atomic E-state index is 11.8. The van der Waals surface area contributed by atoms with Crippen molar-refractivity contribution in [3.8, 4) is 0 Å². The van der Waals surface area contributed by atoms with E-state index >= 15 is 0 Å². The van der Waals surface area contributed by atoms with Gasteiger partial charge in [0.05, 0.1) is 22.2 Å². The molecule has 0 aromatic heterocycles. The number of amides is 1. The van der Waals surface area contributed by atoms with Crippen LogP contribution in [0.25, 0.3) is 0 Å². The third-order valence-electron chi connectivity index (χ3n) is 2.20. The second-order valence-corrected chi connectivity index (χ2v) is 4.16. The Kier molecular flexibility index (Phi) is 5.40. The van der Waals surface area contributed by atoms with Crippen LogP contribution in [0.3, 0.4) is 0 Å². The minimum Gasteiger partial charge on any atom is -0.479 e. The molecule has 18 heavy (non-hydrogen) atoms. The van der Waals surface area contributed by atoms with Gasteiger partial charge in [0.15, 0.2) is 6.10 Å². The minimum absolute atomic E-state index is 0.126. The number of hydrogen-bond donors (Lipinski definition) is 2. The van der Waals surface area contributed by atoms with E-state index in [1.165, 1.54) is 13.2 Å². The number of carbonyl (C=O) groups is 2. The monoisotopic (exact) mass is 291 g/mol. The minimum atomic E-state index is -1.16. The fourth-order valence-electron chi connectivity index (χ4n) is 1.23. The lowest BCUT2D eigenvalue weighted by Gasteiger charge is -2.12. The molecule has 1 unspecified atom stereocenters. The molecule has 2 N–H and O–H groups in total. The summed E-state index contributed by atoms with van der Waals surface area (Å²) in [6.07, 6.45) is -1.10. The van der Waals surface area contributed by atoms with Gasteiger partial charge in [0.1, 0.15) is 0 Å². The average molecular weight is 292 g/mol. The van der Waals surface area contributed by atoms with Gasteiger partial charge in [-0.25, -0.2) is 4.79 Å². The SMILES string of the molecule is COC(CNC(=O)c1cccc(Cl)c1Cl)C(=O)O. The molecule has 0 aliphatic heterocycles. The number of carboxylic acid groups (broad SMARTS) is 1. The molecule has 0 heterocycles. The molecule has 0 radical (unpaired) electrons. The lowest BCUT2D eigenvalue weighted by atomic mass is 10.2. The molecule has 1 aromatic carbocycles. The van der Waals surface area contributed by atoms with Crippen LogP contribution in [0.5, 0.6) is 0 Å². The summed E-state index contributed by atoms with van der Waals surface area (Å²) in [5, 5.41) is 11.5. The van der Waals surface area contributed by atoms with Crippen LogP contribution in [0, 0.1) is 0 Å². The molecule has 7 heteroatoms. The number of ether oxygens (including phenoxy) is 1. The zero-order valence-corrected chi connectivity index (χ0v) is 11.0. The van der Waals surface area contributed by atoms with E-state index in [1.54, 1.807) is 12.1 Å². The fourth-order valence-corrected chi connectivity index (χ4v) is 1.62. The number of rotatable bonds is 5.